The highest BCUT2D eigenvalue weighted by molar-refractivity contribution is 5.94. The van der Waals surface area contributed by atoms with Gasteiger partial charge in [-0.15, -0.1) is 0 Å². The lowest BCUT2D eigenvalue weighted by atomic mass is 10.2. The third-order valence-electron chi connectivity index (χ3n) is 2.43. The molecule has 0 spiro atoms. The maximum atomic E-state index is 12.0. The van der Waals surface area contributed by atoms with Gasteiger partial charge in [-0.2, -0.15) is 0 Å². The summed E-state index contributed by atoms with van der Waals surface area (Å²) < 4.78 is 9.91. The zero-order valence-corrected chi connectivity index (χ0v) is 11.5. The van der Waals surface area contributed by atoms with E-state index in [1.54, 1.807) is 26.0 Å². The highest BCUT2D eigenvalue weighted by Gasteiger charge is 2.31. The molecule has 0 saturated heterocycles. The molecule has 7 heteroatoms. The Kier molecular flexibility index (Phi) is 6.61. The zero-order chi connectivity index (χ0) is 15.0. The van der Waals surface area contributed by atoms with Gasteiger partial charge in [0.1, 0.15) is 5.69 Å². The van der Waals surface area contributed by atoms with Crippen molar-refractivity contribution >= 4 is 11.9 Å². The summed E-state index contributed by atoms with van der Waals surface area (Å²) in [5.41, 5.74) is 0.0285. The summed E-state index contributed by atoms with van der Waals surface area (Å²) in [7, 11) is 0. The predicted molar refractivity (Wildman–Crippen MR) is 69.1 cm³/mol. The molecule has 0 fully saturated rings. The second-order valence-electron chi connectivity index (χ2n) is 3.79. The monoisotopic (exact) mass is 282 g/mol. The van der Waals surface area contributed by atoms with Crippen molar-refractivity contribution in [2.75, 3.05) is 19.8 Å². The number of nitrogens with zero attached hydrogens (tertiary/aromatic N) is 2. The average Bonchev–Trinajstić information content (AvgIpc) is 2.48. The minimum absolute atomic E-state index is 0.0285. The van der Waals surface area contributed by atoms with E-state index in [4.69, 9.17) is 9.47 Å². The third kappa shape index (κ3) is 4.29. The Bertz CT molecular complexity index is 438. The van der Waals surface area contributed by atoms with Gasteiger partial charge in [-0.3, -0.25) is 15.0 Å². The van der Waals surface area contributed by atoms with Crippen molar-refractivity contribution in [2.45, 2.75) is 19.9 Å². The van der Waals surface area contributed by atoms with Crippen molar-refractivity contribution in [3.63, 3.8) is 0 Å². The molecule has 0 aromatic carbocycles. The Hall–Kier alpha value is -1.99. The molecule has 1 N–H and O–H groups in total. The Morgan fingerprint density at radius 1 is 1.35 bits per heavy atom. The van der Waals surface area contributed by atoms with Gasteiger partial charge < -0.3 is 9.47 Å². The van der Waals surface area contributed by atoms with Gasteiger partial charge in [0.15, 0.2) is 6.04 Å². The van der Waals surface area contributed by atoms with Crippen LogP contribution in [0.15, 0.2) is 24.4 Å². The molecule has 7 nitrogen and oxygen atoms in total. The fourth-order valence-corrected chi connectivity index (χ4v) is 1.45. The Morgan fingerprint density at radius 2 is 2.10 bits per heavy atom. The molecule has 0 radical (unpaired) electrons. The zero-order valence-electron chi connectivity index (χ0n) is 11.5. The predicted octanol–water partition coefficient (Wildman–Crippen LogP) is 0.881. The van der Waals surface area contributed by atoms with Crippen LogP contribution in [0, 0.1) is 0 Å². The van der Waals surface area contributed by atoms with E-state index in [0.29, 0.717) is 11.7 Å². The molecule has 110 valence electrons. The van der Waals surface area contributed by atoms with Crippen LogP contribution in [0.5, 0.6) is 0 Å². The molecule has 0 bridgehead atoms. The number of esters is 1. The molecular formula is C13H18N2O5. The van der Waals surface area contributed by atoms with E-state index in [1.165, 1.54) is 12.3 Å². The fraction of sp³-hybridized carbons (Fsp3) is 0.462. The van der Waals surface area contributed by atoms with Crippen LogP contribution in [0.2, 0.25) is 0 Å². The number of carbonyl (C=O) groups excluding carboxylic acids is 2. The molecule has 0 saturated carbocycles. The quantitative estimate of drug-likeness (QED) is 0.453. The van der Waals surface area contributed by atoms with E-state index < -0.39 is 17.9 Å². The van der Waals surface area contributed by atoms with Crippen LogP contribution < -0.4 is 0 Å². The summed E-state index contributed by atoms with van der Waals surface area (Å²) in [5, 5.41) is 10.2. The number of rotatable bonds is 7. The molecule has 0 aliphatic carbocycles. The van der Waals surface area contributed by atoms with Gasteiger partial charge in [0.25, 0.3) is 5.91 Å². The van der Waals surface area contributed by atoms with Crippen molar-refractivity contribution < 1.29 is 24.3 Å². The first-order chi connectivity index (χ1) is 9.61. The summed E-state index contributed by atoms with van der Waals surface area (Å²) >= 11 is 0. The smallest absolute Gasteiger partial charge is 0.333 e. The minimum atomic E-state index is -1.22. The molecule has 1 unspecified atom stereocenters. The Morgan fingerprint density at radius 3 is 2.65 bits per heavy atom. The first-order valence-corrected chi connectivity index (χ1v) is 6.29. The van der Waals surface area contributed by atoms with E-state index in [1.807, 2.05) is 0 Å². The lowest BCUT2D eigenvalue weighted by molar-refractivity contribution is -0.168. The summed E-state index contributed by atoms with van der Waals surface area (Å²) in [4.78, 5) is 27.6. The summed E-state index contributed by atoms with van der Waals surface area (Å²) in [6, 6.07) is 3.47. The van der Waals surface area contributed by atoms with Crippen molar-refractivity contribution in [1.29, 1.82) is 0 Å². The van der Waals surface area contributed by atoms with E-state index in [9.17, 15) is 14.8 Å². The van der Waals surface area contributed by atoms with E-state index in [0.717, 1.165) is 0 Å². The molecule has 20 heavy (non-hydrogen) atoms. The maximum absolute atomic E-state index is 12.0. The molecule has 1 rings (SSSR count). The van der Waals surface area contributed by atoms with Gasteiger partial charge >= 0.3 is 5.97 Å². The maximum Gasteiger partial charge on any atom is 0.333 e. The number of amides is 1. The van der Waals surface area contributed by atoms with Gasteiger partial charge in [0, 0.05) is 12.8 Å². The lowest BCUT2D eigenvalue weighted by Gasteiger charge is -2.23. The van der Waals surface area contributed by atoms with Crippen molar-refractivity contribution in [1.82, 2.24) is 10.0 Å². The first kappa shape index (κ1) is 16.1. The van der Waals surface area contributed by atoms with Crippen LogP contribution in [0.25, 0.3) is 0 Å². The van der Waals surface area contributed by atoms with Gasteiger partial charge in [-0.1, -0.05) is 6.07 Å². The summed E-state index contributed by atoms with van der Waals surface area (Å²) in [6.45, 7) is 3.72. The number of aromatic nitrogens is 1. The first-order valence-electron chi connectivity index (χ1n) is 6.29. The number of ether oxygens (including phenoxy) is 2. The number of hydroxylamine groups is 2. The Labute approximate surface area is 117 Å². The van der Waals surface area contributed by atoms with E-state index >= 15 is 0 Å². The highest BCUT2D eigenvalue weighted by atomic mass is 16.6. The second-order valence-corrected chi connectivity index (χ2v) is 3.79. The van der Waals surface area contributed by atoms with Crippen LogP contribution >= 0.6 is 0 Å². The molecule has 1 heterocycles. The number of pyridine rings is 1. The van der Waals surface area contributed by atoms with Crippen molar-refractivity contribution in [2.24, 2.45) is 0 Å². The molecular weight excluding hydrogens is 264 g/mol. The third-order valence-corrected chi connectivity index (χ3v) is 2.43. The van der Waals surface area contributed by atoms with Crippen LogP contribution in [-0.2, 0) is 14.3 Å². The van der Waals surface area contributed by atoms with Gasteiger partial charge in [0.2, 0.25) is 0 Å². The lowest BCUT2D eigenvalue weighted by Crippen LogP contribution is -2.47. The molecule has 1 atom stereocenters. The molecule has 1 aromatic rings. The standard InChI is InChI=1S/C13H18N2O5/c1-3-19-9-11(13(17)20-4-2)15(18)12(16)10-7-5-6-8-14-10/h5-8,11,18H,3-4,9H2,1-2H3. The largest absolute Gasteiger partial charge is 0.464 e. The van der Waals surface area contributed by atoms with E-state index in [-0.39, 0.29) is 18.9 Å². The molecule has 1 amide bonds. The average molecular weight is 282 g/mol. The SMILES string of the molecule is CCOCC(C(=O)OCC)N(O)C(=O)c1ccccn1. The number of hydrogen-bond donors (Lipinski definition) is 1. The summed E-state index contributed by atoms with van der Waals surface area (Å²) in [5.74, 6) is -1.52. The van der Waals surface area contributed by atoms with Gasteiger partial charge in [-0.25, -0.2) is 9.86 Å². The second kappa shape index (κ2) is 8.23. The van der Waals surface area contributed by atoms with Crippen molar-refractivity contribution in [3.8, 4) is 0 Å². The van der Waals surface area contributed by atoms with Crippen molar-refractivity contribution in [3.05, 3.63) is 30.1 Å². The highest BCUT2D eigenvalue weighted by Crippen LogP contribution is 2.06. The fourth-order valence-electron chi connectivity index (χ4n) is 1.45. The molecule has 0 aliphatic rings. The van der Waals surface area contributed by atoms with Gasteiger partial charge in [0.05, 0.1) is 13.2 Å². The number of carbonyl (C=O) groups is 2. The van der Waals surface area contributed by atoms with Gasteiger partial charge in [-0.05, 0) is 26.0 Å². The topological polar surface area (TPSA) is 89.0 Å². The van der Waals surface area contributed by atoms with Crippen LogP contribution in [0.1, 0.15) is 24.3 Å². The van der Waals surface area contributed by atoms with Crippen LogP contribution in [0.4, 0.5) is 0 Å². The Balaban J connectivity index is 2.83. The normalized spacial score (nSPS) is 11.8. The van der Waals surface area contributed by atoms with Crippen LogP contribution in [-0.4, -0.2) is 53.0 Å². The molecule has 0 aliphatic heterocycles. The van der Waals surface area contributed by atoms with E-state index in [2.05, 4.69) is 4.98 Å². The minimum Gasteiger partial charge on any atom is -0.464 e. The summed E-state index contributed by atoms with van der Waals surface area (Å²) in [6.07, 6.45) is 1.42. The van der Waals surface area contributed by atoms with Crippen LogP contribution in [0.3, 0.4) is 0 Å². The number of hydrogen-bond acceptors (Lipinski definition) is 6. The molecule has 1 aromatic heterocycles.